The molecule has 19 heavy (non-hydrogen) atoms. The molecule has 1 saturated heterocycles. The first-order valence-electron chi connectivity index (χ1n) is 7.48. The van der Waals surface area contributed by atoms with Gasteiger partial charge in [0.2, 0.25) is 0 Å². The van der Waals surface area contributed by atoms with Crippen LogP contribution in [0.15, 0.2) is 24.3 Å². The largest absolute Gasteiger partial charge is 0.330 e. The molecule has 0 aromatic heterocycles. The zero-order chi connectivity index (χ0) is 13.5. The molecule has 3 nitrogen and oxygen atoms in total. The van der Waals surface area contributed by atoms with Gasteiger partial charge in [0, 0.05) is 19.6 Å². The van der Waals surface area contributed by atoms with Crippen LogP contribution in [0.3, 0.4) is 0 Å². The Hall–Kier alpha value is -0.900. The predicted molar refractivity (Wildman–Crippen MR) is 81.2 cm³/mol. The lowest BCUT2D eigenvalue weighted by molar-refractivity contribution is 0.251. The van der Waals surface area contributed by atoms with Crippen LogP contribution in [0.4, 0.5) is 0 Å². The van der Waals surface area contributed by atoms with Gasteiger partial charge >= 0.3 is 0 Å². The summed E-state index contributed by atoms with van der Waals surface area (Å²) in [6.07, 6.45) is 2.40. The SMILES string of the molecule is Cc1cccc(CN2CCCN(CCCN)CC2)c1. The zero-order valence-corrected chi connectivity index (χ0v) is 12.1. The van der Waals surface area contributed by atoms with Gasteiger partial charge in [0.25, 0.3) is 0 Å². The lowest BCUT2D eigenvalue weighted by Crippen LogP contribution is -2.31. The van der Waals surface area contributed by atoms with E-state index in [4.69, 9.17) is 5.73 Å². The summed E-state index contributed by atoms with van der Waals surface area (Å²) in [6.45, 7) is 10.0. The Labute approximate surface area is 117 Å². The maximum atomic E-state index is 5.59. The topological polar surface area (TPSA) is 32.5 Å². The van der Waals surface area contributed by atoms with E-state index in [1.54, 1.807) is 0 Å². The van der Waals surface area contributed by atoms with E-state index in [9.17, 15) is 0 Å². The van der Waals surface area contributed by atoms with Crippen molar-refractivity contribution in [3.8, 4) is 0 Å². The molecule has 1 fully saturated rings. The second kappa shape index (κ2) is 7.63. The van der Waals surface area contributed by atoms with E-state index in [1.807, 2.05) is 0 Å². The number of rotatable bonds is 5. The Morgan fingerprint density at radius 2 is 1.89 bits per heavy atom. The minimum atomic E-state index is 0.809. The fraction of sp³-hybridized carbons (Fsp3) is 0.625. The number of benzene rings is 1. The van der Waals surface area contributed by atoms with Crippen molar-refractivity contribution in [2.24, 2.45) is 5.73 Å². The van der Waals surface area contributed by atoms with Gasteiger partial charge in [-0.15, -0.1) is 0 Å². The summed E-state index contributed by atoms with van der Waals surface area (Å²) >= 11 is 0. The van der Waals surface area contributed by atoms with Crippen LogP contribution in [0.1, 0.15) is 24.0 Å². The normalized spacial score (nSPS) is 18.4. The number of nitrogens with zero attached hydrogens (tertiary/aromatic N) is 2. The van der Waals surface area contributed by atoms with E-state index in [0.29, 0.717) is 0 Å². The van der Waals surface area contributed by atoms with E-state index in [2.05, 4.69) is 41.0 Å². The third-order valence-corrected chi connectivity index (χ3v) is 3.85. The third kappa shape index (κ3) is 4.94. The molecule has 0 spiro atoms. The third-order valence-electron chi connectivity index (χ3n) is 3.85. The molecule has 0 saturated carbocycles. The fourth-order valence-electron chi connectivity index (χ4n) is 2.79. The molecule has 3 heteroatoms. The second-order valence-corrected chi connectivity index (χ2v) is 5.60. The van der Waals surface area contributed by atoms with Crippen molar-refractivity contribution in [3.05, 3.63) is 35.4 Å². The van der Waals surface area contributed by atoms with Crippen molar-refractivity contribution in [1.82, 2.24) is 9.80 Å². The maximum absolute atomic E-state index is 5.59. The molecule has 0 unspecified atom stereocenters. The predicted octanol–water partition coefficient (Wildman–Crippen LogP) is 1.85. The van der Waals surface area contributed by atoms with Gasteiger partial charge in [0.05, 0.1) is 0 Å². The molecule has 1 aliphatic rings. The van der Waals surface area contributed by atoms with Crippen molar-refractivity contribution in [2.75, 3.05) is 39.3 Å². The smallest absolute Gasteiger partial charge is 0.0234 e. The van der Waals surface area contributed by atoms with Gasteiger partial charge in [-0.05, 0) is 51.5 Å². The molecule has 106 valence electrons. The number of hydrogen-bond donors (Lipinski definition) is 1. The van der Waals surface area contributed by atoms with Crippen LogP contribution in [0.25, 0.3) is 0 Å². The standard InChI is InChI=1S/C16H27N3/c1-15-5-2-6-16(13-15)14-19-10-4-9-18(11-12-19)8-3-7-17/h2,5-6,13H,3-4,7-12,14,17H2,1H3. The summed E-state index contributed by atoms with van der Waals surface area (Å²) in [5.41, 5.74) is 8.39. The van der Waals surface area contributed by atoms with E-state index in [1.165, 1.54) is 43.7 Å². The molecule has 1 aromatic carbocycles. The van der Waals surface area contributed by atoms with Crippen LogP contribution in [-0.4, -0.2) is 49.1 Å². The van der Waals surface area contributed by atoms with Crippen molar-refractivity contribution in [3.63, 3.8) is 0 Å². The Kier molecular flexibility index (Phi) is 5.83. The van der Waals surface area contributed by atoms with Gasteiger partial charge in [-0.1, -0.05) is 29.8 Å². The molecule has 1 aromatic rings. The molecule has 2 N–H and O–H groups in total. The van der Waals surface area contributed by atoms with Crippen LogP contribution in [0.5, 0.6) is 0 Å². The van der Waals surface area contributed by atoms with Crippen molar-refractivity contribution < 1.29 is 0 Å². The molecule has 1 heterocycles. The minimum Gasteiger partial charge on any atom is -0.330 e. The quantitative estimate of drug-likeness (QED) is 0.878. The van der Waals surface area contributed by atoms with Crippen molar-refractivity contribution >= 4 is 0 Å². The van der Waals surface area contributed by atoms with Gasteiger partial charge in [0.15, 0.2) is 0 Å². The molecule has 1 aliphatic heterocycles. The van der Waals surface area contributed by atoms with Crippen molar-refractivity contribution in [2.45, 2.75) is 26.3 Å². The van der Waals surface area contributed by atoms with E-state index < -0.39 is 0 Å². The number of hydrogen-bond acceptors (Lipinski definition) is 3. The van der Waals surface area contributed by atoms with Crippen LogP contribution in [0, 0.1) is 6.92 Å². The van der Waals surface area contributed by atoms with Gasteiger partial charge in [0.1, 0.15) is 0 Å². The highest BCUT2D eigenvalue weighted by atomic mass is 15.2. The highest BCUT2D eigenvalue weighted by Crippen LogP contribution is 2.10. The molecule has 0 bridgehead atoms. The van der Waals surface area contributed by atoms with Crippen LogP contribution in [0.2, 0.25) is 0 Å². The lowest BCUT2D eigenvalue weighted by Gasteiger charge is -2.21. The van der Waals surface area contributed by atoms with E-state index in [0.717, 1.165) is 26.1 Å². The maximum Gasteiger partial charge on any atom is 0.0234 e. The Balaban J connectivity index is 1.82. The molecule has 0 atom stereocenters. The molecular formula is C16H27N3. The van der Waals surface area contributed by atoms with Gasteiger partial charge in [-0.2, -0.15) is 0 Å². The highest BCUT2D eigenvalue weighted by molar-refractivity contribution is 5.22. The Morgan fingerprint density at radius 3 is 2.68 bits per heavy atom. The summed E-state index contributed by atoms with van der Waals surface area (Å²) in [5.74, 6) is 0. The van der Waals surface area contributed by atoms with Crippen LogP contribution < -0.4 is 5.73 Å². The van der Waals surface area contributed by atoms with Crippen LogP contribution >= 0.6 is 0 Å². The molecule has 0 aliphatic carbocycles. The summed E-state index contributed by atoms with van der Waals surface area (Å²) in [5, 5.41) is 0. The summed E-state index contributed by atoms with van der Waals surface area (Å²) in [7, 11) is 0. The Bertz CT molecular complexity index is 378. The van der Waals surface area contributed by atoms with Crippen molar-refractivity contribution in [1.29, 1.82) is 0 Å². The summed E-state index contributed by atoms with van der Waals surface area (Å²) in [4.78, 5) is 5.14. The number of nitrogens with two attached hydrogens (primary N) is 1. The monoisotopic (exact) mass is 261 g/mol. The zero-order valence-electron chi connectivity index (χ0n) is 12.1. The minimum absolute atomic E-state index is 0.809. The number of aryl methyl sites for hydroxylation is 1. The van der Waals surface area contributed by atoms with E-state index >= 15 is 0 Å². The summed E-state index contributed by atoms with van der Waals surface area (Å²) < 4.78 is 0. The molecule has 0 radical (unpaired) electrons. The highest BCUT2D eigenvalue weighted by Gasteiger charge is 2.14. The second-order valence-electron chi connectivity index (χ2n) is 5.60. The Morgan fingerprint density at radius 1 is 1.11 bits per heavy atom. The first-order chi connectivity index (χ1) is 9.28. The average Bonchev–Trinajstić information content (AvgIpc) is 2.62. The van der Waals surface area contributed by atoms with Gasteiger partial charge in [-0.25, -0.2) is 0 Å². The van der Waals surface area contributed by atoms with E-state index in [-0.39, 0.29) is 0 Å². The summed E-state index contributed by atoms with van der Waals surface area (Å²) in [6, 6.07) is 8.87. The fourth-order valence-corrected chi connectivity index (χ4v) is 2.79. The molecular weight excluding hydrogens is 234 g/mol. The van der Waals surface area contributed by atoms with Gasteiger partial charge in [-0.3, -0.25) is 4.90 Å². The molecule has 2 rings (SSSR count). The van der Waals surface area contributed by atoms with Crippen LogP contribution in [-0.2, 0) is 6.54 Å². The lowest BCUT2D eigenvalue weighted by atomic mass is 10.1. The van der Waals surface area contributed by atoms with Gasteiger partial charge < -0.3 is 10.6 Å². The first-order valence-corrected chi connectivity index (χ1v) is 7.48. The molecule has 0 amide bonds. The average molecular weight is 261 g/mol. The first kappa shape index (κ1) is 14.5.